The number of ether oxygens (including phenoxy) is 5. The third-order valence-corrected chi connectivity index (χ3v) is 12.7. The van der Waals surface area contributed by atoms with Gasteiger partial charge in [-0.15, -0.1) is 0 Å². The maximum Gasteiger partial charge on any atom is 0.329 e. The summed E-state index contributed by atoms with van der Waals surface area (Å²) in [5.74, 6) is -4.29. The van der Waals surface area contributed by atoms with E-state index in [9.17, 15) is 29.7 Å². The number of nitrogens with zero attached hydrogens (tertiary/aromatic N) is 1. The zero-order chi connectivity index (χ0) is 39.9. The van der Waals surface area contributed by atoms with Crippen molar-refractivity contribution in [1.29, 1.82) is 0 Å². The maximum absolute atomic E-state index is 14.2. The Morgan fingerprint density at radius 2 is 1.56 bits per heavy atom. The highest BCUT2D eigenvalue weighted by molar-refractivity contribution is 5.85. The second-order valence-electron chi connectivity index (χ2n) is 17.0. The molecular formula is C42H69NO11. The zero-order valence-corrected chi connectivity index (χ0v) is 34.2. The van der Waals surface area contributed by atoms with Crippen LogP contribution in [-0.4, -0.2) is 120 Å². The summed E-state index contributed by atoms with van der Waals surface area (Å²) in [6.45, 7) is 11.8. The molecule has 2 unspecified atom stereocenters. The number of aliphatic hydroxyl groups excluding tert-OH is 2. The lowest BCUT2D eigenvalue weighted by Crippen LogP contribution is -2.59. The molecule has 3 fully saturated rings. The molecule has 4 aliphatic rings. The Labute approximate surface area is 322 Å². The second-order valence-corrected chi connectivity index (χ2v) is 17.0. The standard InChI is InChI=1S/C42H69NO11/c1-24-16-25(2)18-36(51-8)40-37(52-9)20-28(5)42(49,54-40)23-38(47)43-15-11-10-12-31(43)41(48)53-39(29(6)34(46)22-33(45)26(3)17-24)27(4)19-30-13-14-32(44)35(21-30)50-7/h17,19,25-26,28-32,34-37,39-40,44,46,49H,10-16,18,20-23H2,1-9H3/b24-17+,27-19+/t25-,26+,28+,29+,30-,31?,32?,34-,35+,36-,37-,39+,40+,42-/m0/s1. The summed E-state index contributed by atoms with van der Waals surface area (Å²) in [5.41, 5.74) is 1.76. The van der Waals surface area contributed by atoms with Crippen LogP contribution in [0.1, 0.15) is 112 Å². The number of Topliss-reactive ketones (excluding diaryl/α,β-unsaturated/α-hetero) is 1. The number of hydrogen-bond donors (Lipinski definition) is 3. The molecule has 0 aromatic carbocycles. The first-order chi connectivity index (χ1) is 25.5. The topological polar surface area (TPSA) is 161 Å². The molecule has 2 saturated heterocycles. The van der Waals surface area contributed by atoms with Crippen LogP contribution in [-0.2, 0) is 38.1 Å². The number of cyclic esters (lactones) is 1. The maximum atomic E-state index is 14.2. The summed E-state index contributed by atoms with van der Waals surface area (Å²) in [4.78, 5) is 43.5. The van der Waals surface area contributed by atoms with Gasteiger partial charge in [0.15, 0.2) is 5.79 Å². The van der Waals surface area contributed by atoms with Crippen molar-refractivity contribution in [3.63, 3.8) is 0 Å². The van der Waals surface area contributed by atoms with Gasteiger partial charge in [0.05, 0.1) is 36.9 Å². The fraction of sp³-hybridized carbons (Fsp3) is 0.833. The average Bonchev–Trinajstić information content (AvgIpc) is 3.13. The number of methoxy groups -OCH3 is 3. The number of allylic oxidation sites excluding steroid dienone is 3. The Bertz CT molecular complexity index is 1330. The van der Waals surface area contributed by atoms with Gasteiger partial charge in [0.25, 0.3) is 0 Å². The lowest BCUT2D eigenvalue weighted by atomic mass is 9.82. The van der Waals surface area contributed by atoms with Gasteiger partial charge in [0.2, 0.25) is 5.91 Å². The van der Waals surface area contributed by atoms with Crippen molar-refractivity contribution < 1.29 is 53.4 Å². The molecule has 0 aromatic rings. The largest absolute Gasteiger partial charge is 0.456 e. The summed E-state index contributed by atoms with van der Waals surface area (Å²) in [6.07, 6.45) is 4.64. The highest BCUT2D eigenvalue weighted by Crippen LogP contribution is 2.40. The third-order valence-electron chi connectivity index (χ3n) is 12.7. The van der Waals surface area contributed by atoms with E-state index in [1.54, 1.807) is 28.3 Å². The van der Waals surface area contributed by atoms with Gasteiger partial charge < -0.3 is 43.9 Å². The number of amides is 1. The summed E-state index contributed by atoms with van der Waals surface area (Å²) in [5, 5.41) is 34.0. The Balaban J connectivity index is 1.71. The van der Waals surface area contributed by atoms with Crippen LogP contribution < -0.4 is 0 Å². The Morgan fingerprint density at radius 1 is 0.889 bits per heavy atom. The van der Waals surface area contributed by atoms with Crippen molar-refractivity contribution >= 4 is 17.7 Å². The van der Waals surface area contributed by atoms with Crippen LogP contribution in [0.25, 0.3) is 0 Å². The van der Waals surface area contributed by atoms with E-state index in [0.29, 0.717) is 57.9 Å². The van der Waals surface area contributed by atoms with Crippen molar-refractivity contribution in [3.05, 3.63) is 23.3 Å². The van der Waals surface area contributed by atoms with Crippen LogP contribution >= 0.6 is 0 Å². The number of rotatable bonds is 5. The molecule has 54 heavy (non-hydrogen) atoms. The summed E-state index contributed by atoms with van der Waals surface area (Å²) >= 11 is 0. The van der Waals surface area contributed by atoms with Crippen LogP contribution in [0.4, 0.5) is 0 Å². The Kier molecular flexibility index (Phi) is 16.3. The van der Waals surface area contributed by atoms with Crippen LogP contribution in [0, 0.1) is 29.6 Å². The SMILES string of the molecule is CO[C@H]1C[C@@H](C)C/C(C)=C/[C@@H](C)C(=O)C[C@H](O)[C@@H](C)[C@@H](/C(C)=C/[C@@H]2CCC(O)[C@H](OC)C2)OC(=O)C2CCCCN2C(=O)C[C@]2(O)O[C@H]1[C@@H](OC)C[C@H]2C. The van der Waals surface area contributed by atoms with E-state index in [-0.39, 0.29) is 42.7 Å². The normalized spacial score (nSPS) is 42.6. The monoisotopic (exact) mass is 763 g/mol. The van der Waals surface area contributed by atoms with Crippen LogP contribution in [0.2, 0.25) is 0 Å². The van der Waals surface area contributed by atoms with E-state index in [4.69, 9.17) is 23.7 Å². The highest BCUT2D eigenvalue weighted by atomic mass is 16.7. The summed E-state index contributed by atoms with van der Waals surface area (Å²) in [6, 6.07) is -0.893. The number of aliphatic hydroxyl groups is 3. The Morgan fingerprint density at radius 3 is 2.22 bits per heavy atom. The fourth-order valence-electron chi connectivity index (χ4n) is 9.24. The summed E-state index contributed by atoms with van der Waals surface area (Å²) in [7, 11) is 4.80. The van der Waals surface area contributed by atoms with Crippen molar-refractivity contribution in [2.24, 2.45) is 29.6 Å². The molecule has 0 spiro atoms. The van der Waals surface area contributed by atoms with Gasteiger partial charge in [0.1, 0.15) is 24.0 Å². The van der Waals surface area contributed by atoms with Crippen LogP contribution in [0.15, 0.2) is 23.3 Å². The number of fused-ring (bicyclic) bond motifs is 3. The van der Waals surface area contributed by atoms with Gasteiger partial charge in [-0.3, -0.25) is 9.59 Å². The van der Waals surface area contributed by atoms with Crippen molar-refractivity contribution in [3.8, 4) is 0 Å². The number of esters is 1. The van der Waals surface area contributed by atoms with Gasteiger partial charge in [-0.25, -0.2) is 4.79 Å². The number of piperidine rings is 1. The van der Waals surface area contributed by atoms with E-state index in [0.717, 1.165) is 17.6 Å². The first-order valence-electron chi connectivity index (χ1n) is 20.2. The van der Waals surface area contributed by atoms with E-state index < -0.39 is 72.0 Å². The van der Waals surface area contributed by atoms with Crippen molar-refractivity contribution in [2.75, 3.05) is 27.9 Å². The van der Waals surface area contributed by atoms with Crippen molar-refractivity contribution in [2.45, 2.75) is 167 Å². The smallest absolute Gasteiger partial charge is 0.329 e. The van der Waals surface area contributed by atoms with Gasteiger partial charge in [-0.05, 0) is 89.0 Å². The Hall–Kier alpha value is -2.19. The van der Waals surface area contributed by atoms with E-state index in [2.05, 4.69) is 6.92 Å². The second kappa shape index (κ2) is 19.8. The van der Waals surface area contributed by atoms with E-state index in [1.807, 2.05) is 39.8 Å². The van der Waals surface area contributed by atoms with Crippen LogP contribution in [0.3, 0.4) is 0 Å². The predicted molar refractivity (Wildman–Crippen MR) is 203 cm³/mol. The number of hydrogen-bond acceptors (Lipinski definition) is 11. The molecular weight excluding hydrogens is 694 g/mol. The van der Waals surface area contributed by atoms with Gasteiger partial charge in [-0.2, -0.15) is 0 Å². The lowest BCUT2D eigenvalue weighted by Gasteiger charge is -2.48. The zero-order valence-electron chi connectivity index (χ0n) is 34.2. The average molecular weight is 764 g/mol. The molecule has 3 N–H and O–H groups in total. The predicted octanol–water partition coefficient (Wildman–Crippen LogP) is 4.90. The fourth-order valence-corrected chi connectivity index (χ4v) is 9.24. The number of ketones is 1. The molecule has 12 nitrogen and oxygen atoms in total. The molecule has 0 radical (unpaired) electrons. The molecule has 3 aliphatic heterocycles. The molecule has 12 heteroatoms. The molecule has 308 valence electrons. The quantitative estimate of drug-likeness (QED) is 0.258. The number of carbonyl (C=O) groups excluding carboxylic acids is 3. The highest BCUT2D eigenvalue weighted by Gasteiger charge is 2.51. The minimum atomic E-state index is -1.82. The first kappa shape index (κ1) is 44.5. The van der Waals surface area contributed by atoms with Gasteiger partial charge in [-0.1, -0.05) is 45.4 Å². The molecule has 1 saturated carbocycles. The van der Waals surface area contributed by atoms with E-state index in [1.165, 1.54) is 4.90 Å². The van der Waals surface area contributed by atoms with Crippen molar-refractivity contribution in [1.82, 2.24) is 4.90 Å². The molecule has 1 amide bonds. The van der Waals surface area contributed by atoms with Gasteiger partial charge in [0, 0.05) is 52.0 Å². The molecule has 4 rings (SSSR count). The summed E-state index contributed by atoms with van der Waals surface area (Å²) < 4.78 is 30.1. The molecule has 14 atom stereocenters. The van der Waals surface area contributed by atoms with Gasteiger partial charge >= 0.3 is 5.97 Å². The third kappa shape index (κ3) is 11.0. The number of carbonyl (C=O) groups is 3. The molecule has 3 heterocycles. The lowest BCUT2D eigenvalue weighted by molar-refractivity contribution is -0.321. The minimum absolute atomic E-state index is 0.0499. The molecule has 0 aromatic heterocycles. The molecule has 2 bridgehead atoms. The molecule has 1 aliphatic carbocycles. The minimum Gasteiger partial charge on any atom is -0.456 e. The first-order valence-corrected chi connectivity index (χ1v) is 20.2. The van der Waals surface area contributed by atoms with Crippen LogP contribution in [0.5, 0.6) is 0 Å². The van der Waals surface area contributed by atoms with E-state index >= 15 is 0 Å².